The molecule has 4 rings (SSSR count). The van der Waals surface area contributed by atoms with Gasteiger partial charge in [-0.1, -0.05) is 18.9 Å². The van der Waals surface area contributed by atoms with Crippen molar-refractivity contribution in [2.75, 3.05) is 33.3 Å². The van der Waals surface area contributed by atoms with E-state index in [4.69, 9.17) is 4.74 Å². The number of nitrogens with zero attached hydrogens (tertiary/aromatic N) is 2. The van der Waals surface area contributed by atoms with Crippen LogP contribution in [0.15, 0.2) is 18.2 Å². The molecule has 1 aromatic rings. The van der Waals surface area contributed by atoms with Gasteiger partial charge in [0.15, 0.2) is 11.5 Å². The van der Waals surface area contributed by atoms with Crippen LogP contribution < -0.4 is 4.74 Å². The summed E-state index contributed by atoms with van der Waals surface area (Å²) in [7, 11) is 1.55. The topological polar surface area (TPSA) is 73.2 Å². The van der Waals surface area contributed by atoms with Crippen molar-refractivity contribution in [3.8, 4) is 11.5 Å². The van der Waals surface area contributed by atoms with E-state index in [0.717, 1.165) is 63.6 Å². The second-order valence-corrected chi connectivity index (χ2v) is 8.99. The summed E-state index contributed by atoms with van der Waals surface area (Å²) in [4.78, 5) is 17.3. The van der Waals surface area contributed by atoms with Crippen LogP contribution in [0.3, 0.4) is 0 Å². The lowest BCUT2D eigenvalue weighted by Crippen LogP contribution is -2.56. The molecule has 0 bridgehead atoms. The van der Waals surface area contributed by atoms with E-state index < -0.39 is 5.60 Å². The molecule has 2 saturated heterocycles. The minimum absolute atomic E-state index is 0.0442. The second-order valence-electron chi connectivity index (χ2n) is 8.99. The molecule has 1 aromatic carbocycles. The van der Waals surface area contributed by atoms with Gasteiger partial charge in [0.25, 0.3) is 0 Å². The Morgan fingerprint density at radius 3 is 2.69 bits per heavy atom. The molecule has 0 spiro atoms. The molecule has 0 aromatic heterocycles. The molecule has 0 radical (unpaired) electrons. The third kappa shape index (κ3) is 4.10. The highest BCUT2D eigenvalue weighted by Crippen LogP contribution is 2.50. The summed E-state index contributed by atoms with van der Waals surface area (Å²) in [6.07, 6.45) is 8.06. The van der Waals surface area contributed by atoms with Crippen LogP contribution >= 0.6 is 0 Å². The van der Waals surface area contributed by atoms with E-state index in [2.05, 4.69) is 4.90 Å². The van der Waals surface area contributed by atoms with Crippen LogP contribution in [0.25, 0.3) is 0 Å². The Labute approximate surface area is 173 Å². The SMILES string of the molecule is COc1cc([C@@H]2[C@@H]3CCCC[C@]3(O)CCN2CC(=O)N2CCCCC2)ccc1O. The van der Waals surface area contributed by atoms with Gasteiger partial charge in [0.05, 0.1) is 19.3 Å². The molecule has 3 atom stereocenters. The third-order valence-corrected chi connectivity index (χ3v) is 7.26. The van der Waals surface area contributed by atoms with Crippen LogP contribution in [0.1, 0.15) is 63.0 Å². The first-order chi connectivity index (χ1) is 14.0. The van der Waals surface area contributed by atoms with Gasteiger partial charge in [0.2, 0.25) is 5.91 Å². The van der Waals surface area contributed by atoms with E-state index >= 15 is 0 Å². The molecule has 2 N–H and O–H groups in total. The number of methoxy groups -OCH3 is 1. The number of likely N-dealkylation sites (tertiary alicyclic amines) is 2. The summed E-state index contributed by atoms with van der Waals surface area (Å²) in [5.41, 5.74) is 0.342. The van der Waals surface area contributed by atoms with Gasteiger partial charge in [-0.05, 0) is 56.2 Å². The summed E-state index contributed by atoms with van der Waals surface area (Å²) in [5, 5.41) is 21.5. The predicted molar refractivity (Wildman–Crippen MR) is 111 cm³/mol. The molecule has 1 saturated carbocycles. The predicted octanol–water partition coefficient (Wildman–Crippen LogP) is 3.08. The summed E-state index contributed by atoms with van der Waals surface area (Å²) >= 11 is 0. The third-order valence-electron chi connectivity index (χ3n) is 7.26. The lowest BCUT2D eigenvalue weighted by molar-refractivity contribution is -0.145. The Bertz CT molecular complexity index is 734. The highest BCUT2D eigenvalue weighted by molar-refractivity contribution is 5.78. The Morgan fingerprint density at radius 2 is 1.93 bits per heavy atom. The number of carbonyl (C=O) groups is 1. The molecule has 3 aliphatic rings. The van der Waals surface area contributed by atoms with Gasteiger partial charge in [-0.2, -0.15) is 0 Å². The quantitative estimate of drug-likeness (QED) is 0.810. The Morgan fingerprint density at radius 1 is 1.14 bits per heavy atom. The Balaban J connectivity index is 1.63. The monoisotopic (exact) mass is 402 g/mol. The number of aliphatic hydroxyl groups is 1. The van der Waals surface area contributed by atoms with Crippen molar-refractivity contribution in [2.24, 2.45) is 5.92 Å². The molecule has 1 aliphatic carbocycles. The van der Waals surface area contributed by atoms with E-state index in [1.165, 1.54) is 6.42 Å². The number of fused-ring (bicyclic) bond motifs is 1. The summed E-state index contributed by atoms with van der Waals surface area (Å²) in [6, 6.07) is 5.41. The maximum atomic E-state index is 13.0. The molecule has 3 fully saturated rings. The molecule has 6 nitrogen and oxygen atoms in total. The standard InChI is InChI=1S/C23H34N2O4/c1-29-20-15-17(8-9-19(20)26)22-18-7-3-4-10-23(18,28)11-14-25(22)16-21(27)24-12-5-2-6-13-24/h8-9,15,18,22,26,28H,2-7,10-14,16H2,1H3/t18-,22+,23-/m0/s1. The average Bonchev–Trinajstić information content (AvgIpc) is 2.75. The normalized spacial score (nSPS) is 30.6. The maximum Gasteiger partial charge on any atom is 0.236 e. The second kappa shape index (κ2) is 8.52. The average molecular weight is 403 g/mol. The fourth-order valence-electron chi connectivity index (χ4n) is 5.66. The highest BCUT2D eigenvalue weighted by atomic mass is 16.5. The van der Waals surface area contributed by atoms with Gasteiger partial charge < -0.3 is 19.8 Å². The summed E-state index contributed by atoms with van der Waals surface area (Å²) < 4.78 is 5.34. The van der Waals surface area contributed by atoms with Crippen LogP contribution in [0.2, 0.25) is 0 Å². The molecule has 0 unspecified atom stereocenters. The first-order valence-corrected chi connectivity index (χ1v) is 11.1. The van der Waals surface area contributed by atoms with E-state index in [-0.39, 0.29) is 23.6 Å². The number of carbonyl (C=O) groups excluding carboxylic acids is 1. The number of amides is 1. The van der Waals surface area contributed by atoms with Crippen LogP contribution in [0, 0.1) is 5.92 Å². The van der Waals surface area contributed by atoms with E-state index in [1.807, 2.05) is 17.0 Å². The zero-order valence-corrected chi connectivity index (χ0v) is 17.5. The molecule has 160 valence electrons. The molecule has 1 amide bonds. The van der Waals surface area contributed by atoms with Gasteiger partial charge in [0.1, 0.15) is 0 Å². The van der Waals surface area contributed by atoms with Crippen molar-refractivity contribution < 1.29 is 19.7 Å². The lowest BCUT2D eigenvalue weighted by atomic mass is 9.66. The molecular weight excluding hydrogens is 368 g/mol. The van der Waals surface area contributed by atoms with Crippen molar-refractivity contribution in [1.29, 1.82) is 0 Å². The van der Waals surface area contributed by atoms with Crippen LogP contribution in [0.4, 0.5) is 0 Å². The van der Waals surface area contributed by atoms with Gasteiger partial charge in [-0.15, -0.1) is 0 Å². The van der Waals surface area contributed by atoms with Crippen molar-refractivity contribution in [3.05, 3.63) is 23.8 Å². The number of ether oxygens (including phenoxy) is 1. The smallest absolute Gasteiger partial charge is 0.236 e. The van der Waals surface area contributed by atoms with Crippen molar-refractivity contribution in [1.82, 2.24) is 9.80 Å². The molecular formula is C23H34N2O4. The van der Waals surface area contributed by atoms with E-state index in [0.29, 0.717) is 18.8 Å². The number of rotatable bonds is 4. The number of phenols is 1. The first-order valence-electron chi connectivity index (χ1n) is 11.1. The van der Waals surface area contributed by atoms with Crippen LogP contribution in [-0.2, 0) is 4.79 Å². The summed E-state index contributed by atoms with van der Waals surface area (Å²) in [5.74, 6) is 0.840. The van der Waals surface area contributed by atoms with Gasteiger partial charge in [-0.3, -0.25) is 9.69 Å². The van der Waals surface area contributed by atoms with Crippen LogP contribution in [0.5, 0.6) is 11.5 Å². The minimum atomic E-state index is -0.668. The van der Waals surface area contributed by atoms with Crippen LogP contribution in [-0.4, -0.2) is 64.8 Å². The number of benzene rings is 1. The lowest BCUT2D eigenvalue weighted by Gasteiger charge is -2.52. The number of hydrogen-bond donors (Lipinski definition) is 2. The number of aromatic hydroxyl groups is 1. The maximum absolute atomic E-state index is 13.0. The Hall–Kier alpha value is -1.79. The molecule has 6 heteroatoms. The van der Waals surface area contributed by atoms with Gasteiger partial charge in [0, 0.05) is 31.6 Å². The fraction of sp³-hybridized carbons (Fsp3) is 0.696. The van der Waals surface area contributed by atoms with E-state index in [9.17, 15) is 15.0 Å². The molecule has 2 heterocycles. The molecule has 2 aliphatic heterocycles. The van der Waals surface area contributed by atoms with Crippen molar-refractivity contribution in [2.45, 2.75) is 63.0 Å². The van der Waals surface area contributed by atoms with Gasteiger partial charge in [-0.25, -0.2) is 0 Å². The highest BCUT2D eigenvalue weighted by Gasteiger charge is 2.49. The fourth-order valence-corrected chi connectivity index (χ4v) is 5.66. The number of hydrogen-bond acceptors (Lipinski definition) is 5. The number of piperidine rings is 2. The minimum Gasteiger partial charge on any atom is -0.504 e. The zero-order valence-electron chi connectivity index (χ0n) is 17.5. The number of phenolic OH excluding ortho intramolecular Hbond substituents is 1. The van der Waals surface area contributed by atoms with Gasteiger partial charge >= 0.3 is 0 Å². The van der Waals surface area contributed by atoms with Crippen molar-refractivity contribution >= 4 is 5.91 Å². The summed E-state index contributed by atoms with van der Waals surface area (Å²) in [6.45, 7) is 2.82. The van der Waals surface area contributed by atoms with Crippen molar-refractivity contribution in [3.63, 3.8) is 0 Å². The molecule has 29 heavy (non-hydrogen) atoms. The Kier molecular flexibility index (Phi) is 6.02. The van der Waals surface area contributed by atoms with E-state index in [1.54, 1.807) is 13.2 Å². The zero-order chi connectivity index (χ0) is 20.4. The largest absolute Gasteiger partial charge is 0.504 e. The first kappa shape index (κ1) is 20.5.